The van der Waals surface area contributed by atoms with Crippen LogP contribution < -0.4 is 10.6 Å². The highest BCUT2D eigenvalue weighted by molar-refractivity contribution is 6.33. The predicted molar refractivity (Wildman–Crippen MR) is 105 cm³/mol. The van der Waals surface area contributed by atoms with Crippen molar-refractivity contribution in [2.45, 2.75) is 25.8 Å². The van der Waals surface area contributed by atoms with Crippen molar-refractivity contribution in [1.82, 2.24) is 20.3 Å². The Labute approximate surface area is 156 Å². The van der Waals surface area contributed by atoms with Crippen LogP contribution in [0.3, 0.4) is 0 Å². The van der Waals surface area contributed by atoms with Crippen molar-refractivity contribution in [2.75, 3.05) is 18.4 Å². The second-order valence-electron chi connectivity index (χ2n) is 6.52. The Kier molecular flexibility index (Phi) is 4.49. The van der Waals surface area contributed by atoms with Crippen molar-refractivity contribution >= 4 is 34.1 Å². The smallest absolute Gasteiger partial charge is 0.223 e. The van der Waals surface area contributed by atoms with E-state index in [1.165, 1.54) is 0 Å². The van der Waals surface area contributed by atoms with E-state index in [0.29, 0.717) is 28.4 Å². The molecule has 0 bridgehead atoms. The molecule has 6 nitrogen and oxygen atoms in total. The van der Waals surface area contributed by atoms with Crippen LogP contribution in [0.15, 0.2) is 24.5 Å². The van der Waals surface area contributed by atoms with E-state index in [0.717, 1.165) is 48.0 Å². The summed E-state index contributed by atoms with van der Waals surface area (Å²) in [5.74, 6) is 0.585. The number of nitrogens with zero attached hydrogens (tertiary/aromatic N) is 3. The van der Waals surface area contributed by atoms with Crippen LogP contribution in [0.2, 0.25) is 5.02 Å². The minimum Gasteiger partial charge on any atom is -0.361 e. The summed E-state index contributed by atoms with van der Waals surface area (Å²) >= 11 is 6.40. The number of aromatic nitrogens is 3. The van der Waals surface area contributed by atoms with Crippen molar-refractivity contribution in [3.8, 4) is 11.3 Å². The van der Waals surface area contributed by atoms with E-state index in [4.69, 9.17) is 18.2 Å². The van der Waals surface area contributed by atoms with E-state index in [1.54, 1.807) is 6.20 Å². The van der Waals surface area contributed by atoms with Crippen molar-refractivity contribution in [3.05, 3.63) is 46.5 Å². The zero-order chi connectivity index (χ0) is 18.1. The fourth-order valence-electron chi connectivity index (χ4n) is 3.43. The van der Waals surface area contributed by atoms with Crippen LogP contribution in [0.4, 0.5) is 11.6 Å². The van der Waals surface area contributed by atoms with Gasteiger partial charge in [0.2, 0.25) is 5.95 Å². The predicted octanol–water partition coefficient (Wildman–Crippen LogP) is 4.30. The number of hydrogen-bond acceptors (Lipinski definition) is 4. The molecule has 0 amide bonds. The summed E-state index contributed by atoms with van der Waals surface area (Å²) in [5.41, 5.74) is 4.12. The topological polar surface area (TPSA) is 70.0 Å². The third-order valence-corrected chi connectivity index (χ3v) is 5.11. The fraction of sp³-hybridized carbons (Fsp3) is 0.316. The standard InChI is InChI=1S/C19H19ClN6/c1-11-16(21-2)6-5-13-14(9-23-17(11)13)18-15(20)10-24-19(26-18)25-12-4-3-7-22-8-12/h5-6,9-10,12,22-23H,3-4,7-8H2,1H3,(H,24,25,26)/t12-/m0/s1. The molecule has 1 atom stereocenters. The third-order valence-electron chi connectivity index (χ3n) is 4.84. The van der Waals surface area contributed by atoms with Gasteiger partial charge in [-0.15, -0.1) is 0 Å². The van der Waals surface area contributed by atoms with Crippen LogP contribution in [0, 0.1) is 13.5 Å². The highest BCUT2D eigenvalue weighted by Crippen LogP contribution is 2.36. The summed E-state index contributed by atoms with van der Waals surface area (Å²) in [6.07, 6.45) is 5.77. The van der Waals surface area contributed by atoms with E-state index < -0.39 is 0 Å². The van der Waals surface area contributed by atoms with Crippen LogP contribution in [0.25, 0.3) is 27.0 Å². The lowest BCUT2D eigenvalue weighted by Crippen LogP contribution is -2.38. The molecule has 0 aliphatic carbocycles. The summed E-state index contributed by atoms with van der Waals surface area (Å²) in [4.78, 5) is 15.8. The number of aromatic amines is 1. The van der Waals surface area contributed by atoms with Crippen molar-refractivity contribution in [1.29, 1.82) is 0 Å². The number of nitrogens with one attached hydrogen (secondary N) is 3. The number of benzene rings is 1. The molecule has 3 N–H and O–H groups in total. The average Bonchev–Trinajstić information content (AvgIpc) is 3.09. The average molecular weight is 367 g/mol. The highest BCUT2D eigenvalue weighted by Gasteiger charge is 2.17. The molecule has 26 heavy (non-hydrogen) atoms. The van der Waals surface area contributed by atoms with Crippen LogP contribution >= 0.6 is 11.6 Å². The molecular weight excluding hydrogens is 348 g/mol. The number of anilines is 1. The number of piperidine rings is 1. The van der Waals surface area contributed by atoms with Crippen molar-refractivity contribution in [3.63, 3.8) is 0 Å². The van der Waals surface area contributed by atoms with Crippen LogP contribution in [0.1, 0.15) is 18.4 Å². The van der Waals surface area contributed by atoms with E-state index in [2.05, 4.69) is 30.4 Å². The van der Waals surface area contributed by atoms with E-state index in [1.807, 2.05) is 25.3 Å². The molecule has 3 heterocycles. The fourth-order valence-corrected chi connectivity index (χ4v) is 3.63. The molecule has 1 saturated heterocycles. The Balaban J connectivity index is 1.73. The SMILES string of the molecule is [C-]#[N+]c1ccc2c(-c3nc(N[C@H]4CCCNC4)ncc3Cl)c[nH]c2c1C. The third kappa shape index (κ3) is 3.00. The Morgan fingerprint density at radius 2 is 2.27 bits per heavy atom. The summed E-state index contributed by atoms with van der Waals surface area (Å²) in [7, 11) is 0. The Bertz CT molecular complexity index is 997. The van der Waals surface area contributed by atoms with Gasteiger partial charge in [0.1, 0.15) is 0 Å². The van der Waals surface area contributed by atoms with Gasteiger partial charge < -0.3 is 15.6 Å². The zero-order valence-electron chi connectivity index (χ0n) is 14.4. The molecule has 7 heteroatoms. The van der Waals surface area contributed by atoms with Gasteiger partial charge in [-0.25, -0.2) is 14.8 Å². The van der Waals surface area contributed by atoms with Crippen LogP contribution in [0.5, 0.6) is 0 Å². The summed E-state index contributed by atoms with van der Waals surface area (Å²) in [6, 6.07) is 4.10. The van der Waals surface area contributed by atoms with Gasteiger partial charge in [0.05, 0.1) is 23.5 Å². The van der Waals surface area contributed by atoms with Crippen LogP contribution in [-0.2, 0) is 0 Å². The van der Waals surface area contributed by atoms with Gasteiger partial charge in [-0.3, -0.25) is 0 Å². The first-order valence-electron chi connectivity index (χ1n) is 8.65. The Morgan fingerprint density at radius 1 is 1.38 bits per heavy atom. The number of H-pyrrole nitrogens is 1. The lowest BCUT2D eigenvalue weighted by Gasteiger charge is -2.23. The molecule has 0 spiro atoms. The highest BCUT2D eigenvalue weighted by atomic mass is 35.5. The van der Waals surface area contributed by atoms with Crippen molar-refractivity contribution in [2.24, 2.45) is 0 Å². The van der Waals surface area contributed by atoms with E-state index in [9.17, 15) is 0 Å². The maximum Gasteiger partial charge on any atom is 0.223 e. The minimum atomic E-state index is 0.323. The van der Waals surface area contributed by atoms with Gasteiger partial charge >= 0.3 is 0 Å². The second kappa shape index (κ2) is 6.94. The number of halogens is 1. The Morgan fingerprint density at radius 3 is 3.04 bits per heavy atom. The van der Waals surface area contributed by atoms with Crippen LogP contribution in [-0.4, -0.2) is 34.1 Å². The van der Waals surface area contributed by atoms with Gasteiger partial charge in [0, 0.05) is 35.2 Å². The first-order chi connectivity index (χ1) is 12.7. The molecule has 4 rings (SSSR count). The maximum atomic E-state index is 7.27. The molecule has 1 aliphatic rings. The molecule has 132 valence electrons. The van der Waals surface area contributed by atoms with Gasteiger partial charge in [-0.1, -0.05) is 23.7 Å². The first-order valence-corrected chi connectivity index (χ1v) is 9.03. The summed E-state index contributed by atoms with van der Waals surface area (Å²) < 4.78 is 0. The number of rotatable bonds is 3. The molecule has 0 saturated carbocycles. The zero-order valence-corrected chi connectivity index (χ0v) is 15.2. The lowest BCUT2D eigenvalue weighted by molar-refractivity contribution is 0.478. The van der Waals surface area contributed by atoms with E-state index in [-0.39, 0.29) is 0 Å². The Hall–Kier alpha value is -2.62. The monoisotopic (exact) mass is 366 g/mol. The summed E-state index contributed by atoms with van der Waals surface area (Å²) in [5, 5.41) is 8.28. The molecule has 1 aromatic carbocycles. The molecule has 2 aromatic heterocycles. The number of aryl methyl sites for hydroxylation is 1. The van der Waals surface area contributed by atoms with Gasteiger partial charge in [0.25, 0.3) is 0 Å². The van der Waals surface area contributed by atoms with Crippen molar-refractivity contribution < 1.29 is 0 Å². The molecule has 0 unspecified atom stereocenters. The second-order valence-corrected chi connectivity index (χ2v) is 6.93. The number of hydrogen-bond donors (Lipinski definition) is 3. The first kappa shape index (κ1) is 16.8. The number of fused-ring (bicyclic) bond motifs is 1. The molecule has 1 fully saturated rings. The minimum absolute atomic E-state index is 0.323. The molecule has 1 aliphatic heterocycles. The molecule has 0 radical (unpaired) electrons. The largest absolute Gasteiger partial charge is 0.361 e. The normalized spacial score (nSPS) is 17.2. The lowest BCUT2D eigenvalue weighted by atomic mass is 10.1. The van der Waals surface area contributed by atoms with Gasteiger partial charge in [-0.2, -0.15) is 0 Å². The summed E-state index contributed by atoms with van der Waals surface area (Å²) in [6.45, 7) is 11.2. The quantitative estimate of drug-likeness (QED) is 0.604. The molecular formula is C19H19ClN6. The maximum absolute atomic E-state index is 7.27. The van der Waals surface area contributed by atoms with Gasteiger partial charge in [-0.05, 0) is 31.9 Å². The molecule has 3 aromatic rings. The van der Waals surface area contributed by atoms with Gasteiger partial charge in [0.15, 0.2) is 5.69 Å². The van der Waals surface area contributed by atoms with E-state index >= 15 is 0 Å².